The van der Waals surface area contributed by atoms with Gasteiger partial charge in [0, 0.05) is 26.2 Å². The van der Waals surface area contributed by atoms with Crippen LogP contribution < -0.4 is 4.74 Å². The topological polar surface area (TPSA) is 60.3 Å². The monoisotopic (exact) mass is 362 g/mol. The zero-order chi connectivity index (χ0) is 18.6. The predicted octanol–water partition coefficient (Wildman–Crippen LogP) is 3.18. The number of nitrogens with zero attached hydrogens (tertiary/aromatic N) is 4. The van der Waals surface area contributed by atoms with Gasteiger partial charge in [0.25, 0.3) is 0 Å². The van der Waals surface area contributed by atoms with Crippen molar-refractivity contribution >= 4 is 17.7 Å². The molecule has 0 aliphatic carbocycles. The third kappa shape index (κ3) is 4.75. The Kier molecular flexibility index (Phi) is 6.47. The van der Waals surface area contributed by atoms with E-state index in [1.165, 1.54) is 11.8 Å². The molecular formula is C18H26N4O2S. The number of aromatic nitrogens is 3. The molecular weight excluding hydrogens is 336 g/mol. The highest BCUT2D eigenvalue weighted by Crippen LogP contribution is 2.29. The van der Waals surface area contributed by atoms with Crippen molar-refractivity contribution in [3.8, 4) is 17.1 Å². The van der Waals surface area contributed by atoms with Crippen LogP contribution in [0.5, 0.6) is 5.75 Å². The zero-order valence-electron chi connectivity index (χ0n) is 15.7. The van der Waals surface area contributed by atoms with E-state index in [0.717, 1.165) is 28.8 Å². The summed E-state index contributed by atoms with van der Waals surface area (Å²) in [6.45, 7) is 7.00. The average Bonchev–Trinajstić information content (AvgIpc) is 2.95. The second kappa shape index (κ2) is 8.38. The molecule has 0 aliphatic rings. The summed E-state index contributed by atoms with van der Waals surface area (Å²) >= 11 is 1.45. The summed E-state index contributed by atoms with van der Waals surface area (Å²) in [6, 6.07) is 7.77. The predicted molar refractivity (Wildman–Crippen MR) is 101 cm³/mol. The van der Waals surface area contributed by atoms with Crippen molar-refractivity contribution in [1.82, 2.24) is 19.7 Å². The maximum Gasteiger partial charge on any atom is 0.235 e. The summed E-state index contributed by atoms with van der Waals surface area (Å²) in [5, 5.41) is 9.27. The van der Waals surface area contributed by atoms with E-state index < -0.39 is 0 Å². The second-order valence-electron chi connectivity index (χ2n) is 6.53. The number of hydrogen-bond donors (Lipinski definition) is 0. The fraction of sp³-hybridized carbons (Fsp3) is 0.500. The molecule has 6 nitrogen and oxygen atoms in total. The quantitative estimate of drug-likeness (QED) is 0.708. The second-order valence-corrected chi connectivity index (χ2v) is 7.84. The minimum atomic E-state index is -0.214. The van der Waals surface area contributed by atoms with Gasteiger partial charge >= 0.3 is 0 Å². The molecule has 0 spiro atoms. The Balaban J connectivity index is 2.34. The first-order chi connectivity index (χ1) is 11.8. The molecule has 0 unspecified atom stereocenters. The minimum Gasteiger partial charge on any atom is -0.497 e. The number of methoxy groups -OCH3 is 1. The van der Waals surface area contributed by atoms with Crippen molar-refractivity contribution < 1.29 is 9.53 Å². The summed E-state index contributed by atoms with van der Waals surface area (Å²) < 4.78 is 7.31. The summed E-state index contributed by atoms with van der Waals surface area (Å²) in [7, 11) is 5.18. The van der Waals surface area contributed by atoms with Crippen LogP contribution in [0, 0.1) is 5.92 Å². The third-order valence-electron chi connectivity index (χ3n) is 3.68. The molecule has 1 aromatic heterocycles. The number of carbonyl (C=O) groups excluding carboxylic acids is 1. The van der Waals surface area contributed by atoms with Crippen LogP contribution in [0.3, 0.4) is 0 Å². The van der Waals surface area contributed by atoms with Crippen LogP contribution in [0.2, 0.25) is 0 Å². The Morgan fingerprint density at radius 1 is 1.20 bits per heavy atom. The van der Waals surface area contributed by atoms with E-state index in [-0.39, 0.29) is 11.2 Å². The molecule has 0 fully saturated rings. The molecule has 2 aromatic rings. The molecule has 0 N–H and O–H groups in total. The van der Waals surface area contributed by atoms with E-state index >= 15 is 0 Å². The summed E-state index contributed by atoms with van der Waals surface area (Å²) in [4.78, 5) is 13.8. The summed E-state index contributed by atoms with van der Waals surface area (Å²) in [5.41, 5.74) is 0.979. The lowest BCUT2D eigenvalue weighted by Crippen LogP contribution is -2.30. The third-order valence-corrected chi connectivity index (χ3v) is 4.75. The van der Waals surface area contributed by atoms with Gasteiger partial charge in [-0.15, -0.1) is 10.2 Å². The fourth-order valence-corrected chi connectivity index (χ4v) is 3.44. The number of carbonyl (C=O) groups is 1. The van der Waals surface area contributed by atoms with E-state index in [0.29, 0.717) is 5.92 Å². The van der Waals surface area contributed by atoms with Crippen LogP contribution in [0.1, 0.15) is 20.8 Å². The van der Waals surface area contributed by atoms with Crippen LogP contribution in [-0.4, -0.2) is 52.0 Å². The van der Waals surface area contributed by atoms with Crippen molar-refractivity contribution in [1.29, 1.82) is 0 Å². The van der Waals surface area contributed by atoms with Gasteiger partial charge in [-0.05, 0) is 37.1 Å². The standard InChI is InChI=1S/C18H26N4O2S/c1-12(2)11-22-16(14-7-9-15(24-6)10-8-14)19-20-18(22)25-13(3)17(23)21(4)5/h7-10,12-13H,11H2,1-6H3/t13-/m1/s1. The molecule has 0 saturated heterocycles. The van der Waals surface area contributed by atoms with Gasteiger partial charge < -0.3 is 14.2 Å². The molecule has 1 amide bonds. The highest BCUT2D eigenvalue weighted by atomic mass is 32.2. The molecule has 136 valence electrons. The van der Waals surface area contributed by atoms with Gasteiger partial charge in [-0.3, -0.25) is 4.79 Å². The smallest absolute Gasteiger partial charge is 0.235 e. The largest absolute Gasteiger partial charge is 0.497 e. The van der Waals surface area contributed by atoms with Crippen molar-refractivity contribution in [2.75, 3.05) is 21.2 Å². The lowest BCUT2D eigenvalue weighted by atomic mass is 10.2. The Morgan fingerprint density at radius 2 is 1.84 bits per heavy atom. The van der Waals surface area contributed by atoms with Crippen LogP contribution >= 0.6 is 11.8 Å². The molecule has 2 rings (SSSR count). The van der Waals surface area contributed by atoms with Crippen LogP contribution in [-0.2, 0) is 11.3 Å². The maximum atomic E-state index is 12.2. The Labute approximate surface area is 153 Å². The van der Waals surface area contributed by atoms with Crippen LogP contribution in [0.15, 0.2) is 29.4 Å². The Morgan fingerprint density at radius 3 is 2.36 bits per heavy atom. The molecule has 1 heterocycles. The molecule has 0 bridgehead atoms. The van der Waals surface area contributed by atoms with Gasteiger partial charge in [0.1, 0.15) is 5.75 Å². The first-order valence-electron chi connectivity index (χ1n) is 8.29. The van der Waals surface area contributed by atoms with Gasteiger partial charge in [-0.1, -0.05) is 25.6 Å². The minimum absolute atomic E-state index is 0.0649. The number of benzene rings is 1. The molecule has 1 atom stereocenters. The Hall–Kier alpha value is -2.02. The number of amides is 1. The average molecular weight is 362 g/mol. The Bertz CT molecular complexity index is 710. The number of hydrogen-bond acceptors (Lipinski definition) is 5. The highest BCUT2D eigenvalue weighted by Gasteiger charge is 2.22. The van der Waals surface area contributed by atoms with Gasteiger partial charge in [0.05, 0.1) is 12.4 Å². The van der Waals surface area contributed by atoms with Crippen molar-refractivity contribution in [2.45, 2.75) is 37.7 Å². The highest BCUT2D eigenvalue weighted by molar-refractivity contribution is 8.00. The fourth-order valence-electron chi connectivity index (χ4n) is 2.43. The SMILES string of the molecule is COc1ccc(-c2nnc(S[C@H](C)C(=O)N(C)C)n2CC(C)C)cc1. The number of rotatable bonds is 7. The molecule has 0 saturated carbocycles. The summed E-state index contributed by atoms with van der Waals surface area (Å²) in [6.07, 6.45) is 0. The molecule has 1 aromatic carbocycles. The maximum absolute atomic E-state index is 12.2. The molecule has 7 heteroatoms. The normalized spacial score (nSPS) is 12.3. The van der Waals surface area contributed by atoms with E-state index in [1.54, 1.807) is 26.1 Å². The molecule has 25 heavy (non-hydrogen) atoms. The first-order valence-corrected chi connectivity index (χ1v) is 9.17. The molecule has 0 radical (unpaired) electrons. The van der Waals surface area contributed by atoms with E-state index in [4.69, 9.17) is 4.74 Å². The lowest BCUT2D eigenvalue weighted by molar-refractivity contribution is -0.127. The lowest BCUT2D eigenvalue weighted by Gasteiger charge is -2.17. The van der Waals surface area contributed by atoms with Gasteiger partial charge in [0.15, 0.2) is 11.0 Å². The van der Waals surface area contributed by atoms with E-state index in [1.807, 2.05) is 31.2 Å². The van der Waals surface area contributed by atoms with Crippen molar-refractivity contribution in [2.24, 2.45) is 5.92 Å². The van der Waals surface area contributed by atoms with Gasteiger partial charge in [-0.25, -0.2) is 0 Å². The molecule has 0 aliphatic heterocycles. The van der Waals surface area contributed by atoms with Crippen molar-refractivity contribution in [3.63, 3.8) is 0 Å². The number of ether oxygens (including phenoxy) is 1. The van der Waals surface area contributed by atoms with Gasteiger partial charge in [-0.2, -0.15) is 0 Å². The summed E-state index contributed by atoms with van der Waals surface area (Å²) in [5.74, 6) is 2.11. The first kappa shape index (κ1) is 19.3. The zero-order valence-corrected chi connectivity index (χ0v) is 16.5. The van der Waals surface area contributed by atoms with Crippen LogP contribution in [0.4, 0.5) is 0 Å². The van der Waals surface area contributed by atoms with E-state index in [2.05, 4.69) is 28.6 Å². The van der Waals surface area contributed by atoms with Crippen molar-refractivity contribution in [3.05, 3.63) is 24.3 Å². The van der Waals surface area contributed by atoms with E-state index in [9.17, 15) is 4.79 Å². The number of thioether (sulfide) groups is 1. The van der Waals surface area contributed by atoms with Crippen LogP contribution in [0.25, 0.3) is 11.4 Å². The van der Waals surface area contributed by atoms with Gasteiger partial charge in [0.2, 0.25) is 5.91 Å².